The van der Waals surface area contributed by atoms with Gasteiger partial charge in [-0.1, -0.05) is 170 Å². The van der Waals surface area contributed by atoms with Gasteiger partial charge in [-0.25, -0.2) is 0 Å². The van der Waals surface area contributed by atoms with E-state index in [1.807, 2.05) is 0 Å². The van der Waals surface area contributed by atoms with Crippen LogP contribution in [0.5, 0.6) is 0 Å². The number of benzene rings is 7. The highest BCUT2D eigenvalue weighted by Gasteiger charge is 2.43. The van der Waals surface area contributed by atoms with E-state index in [4.69, 9.17) is 4.42 Å². The van der Waals surface area contributed by atoms with E-state index < -0.39 is 0 Å². The second-order valence-corrected chi connectivity index (χ2v) is 25.9. The third-order valence-corrected chi connectivity index (χ3v) is 16.6. The van der Waals surface area contributed by atoms with E-state index in [-0.39, 0.29) is 32.5 Å². The molecule has 0 saturated carbocycles. The highest BCUT2D eigenvalue weighted by Crippen LogP contribution is 2.57. The lowest BCUT2D eigenvalue weighted by Gasteiger charge is -2.42. The lowest BCUT2D eigenvalue weighted by atomic mass is 9.57. The molecule has 0 unspecified atom stereocenters. The van der Waals surface area contributed by atoms with Gasteiger partial charge in [-0.3, -0.25) is 0 Å². The number of furan rings is 1. The highest BCUT2D eigenvalue weighted by atomic mass is 16.3. The molecule has 3 nitrogen and oxygen atoms in total. The molecule has 7 aromatic carbocycles. The first-order valence-corrected chi connectivity index (χ1v) is 25.6. The predicted octanol–water partition coefficient (Wildman–Crippen LogP) is 16.7. The molecule has 0 spiro atoms. The van der Waals surface area contributed by atoms with Crippen molar-refractivity contribution in [1.29, 1.82) is 0 Å². The van der Waals surface area contributed by atoms with Gasteiger partial charge in [-0.05, 0) is 156 Å². The zero-order valence-electron chi connectivity index (χ0n) is 44.0. The molecule has 1 aromatic heterocycles. The van der Waals surface area contributed by atoms with Gasteiger partial charge in [0.15, 0.2) is 7.28 Å². The average Bonchev–Trinajstić information content (AvgIpc) is 3.75. The number of para-hydroxylation sites is 1. The molecule has 350 valence electrons. The Labute approximate surface area is 413 Å². The third-order valence-electron chi connectivity index (χ3n) is 16.6. The summed E-state index contributed by atoms with van der Waals surface area (Å²) in [5.41, 5.74) is 25.0. The first kappa shape index (κ1) is 45.4. The molecule has 2 heterocycles. The topological polar surface area (TPSA) is 28.4 Å². The zero-order chi connectivity index (χ0) is 49.0. The minimum atomic E-state index is -0.217. The van der Waals surface area contributed by atoms with Gasteiger partial charge in [-0.2, -0.15) is 0 Å². The molecule has 1 aliphatic heterocycles. The number of hydrogen-bond acceptors (Lipinski definition) is 3. The molecule has 69 heavy (non-hydrogen) atoms. The van der Waals surface area contributed by atoms with Crippen molar-refractivity contribution in [3.63, 3.8) is 0 Å². The zero-order valence-corrected chi connectivity index (χ0v) is 44.0. The second kappa shape index (κ2) is 15.0. The fraction of sp³-hybridized carbons (Fsp3) is 0.354. The molecule has 1 N–H and O–H groups in total. The van der Waals surface area contributed by atoms with Crippen LogP contribution in [0.25, 0.3) is 44.2 Å². The SMILES string of the molecule is CC(C)(C)c1ccc(Nc2cc3c(cc2-c2c4c(cc5c2oc2ccccc25)N(c2ccc(C(C)(C)C)cc2)c2ccc(C(C)(C)C)cc2B4)-c2cc4c(cc2C3(C)C)C(C)(C)CCC4(C)C)cc1. The Hall–Kier alpha value is -6.00. The highest BCUT2D eigenvalue weighted by molar-refractivity contribution is 6.73. The van der Waals surface area contributed by atoms with E-state index in [1.54, 1.807) is 0 Å². The van der Waals surface area contributed by atoms with Crippen LogP contribution in [0.1, 0.15) is 156 Å². The van der Waals surface area contributed by atoms with Gasteiger partial charge in [0.05, 0.1) is 0 Å². The van der Waals surface area contributed by atoms with E-state index in [0.29, 0.717) is 0 Å². The van der Waals surface area contributed by atoms with Crippen molar-refractivity contribution in [3.05, 3.63) is 160 Å². The average molecular weight is 907 g/mol. The Kier molecular flexibility index (Phi) is 9.88. The van der Waals surface area contributed by atoms with E-state index >= 15 is 0 Å². The summed E-state index contributed by atoms with van der Waals surface area (Å²) in [5.74, 6) is 0. The Bertz CT molecular complexity index is 3390. The molecule has 0 saturated heterocycles. The van der Waals surface area contributed by atoms with Crippen LogP contribution < -0.4 is 21.1 Å². The quantitative estimate of drug-likeness (QED) is 0.178. The monoisotopic (exact) mass is 907 g/mol. The van der Waals surface area contributed by atoms with Crippen LogP contribution in [0, 0.1) is 0 Å². The molecule has 0 fully saturated rings. The Morgan fingerprint density at radius 3 is 1.72 bits per heavy atom. The maximum absolute atomic E-state index is 7.23. The van der Waals surface area contributed by atoms with E-state index in [9.17, 15) is 0 Å². The minimum Gasteiger partial charge on any atom is -0.455 e. The van der Waals surface area contributed by atoms with E-state index in [1.165, 1.54) is 85.2 Å². The van der Waals surface area contributed by atoms with Gasteiger partial charge in [0.25, 0.3) is 0 Å². The lowest BCUT2D eigenvalue weighted by molar-refractivity contribution is 0.331. The van der Waals surface area contributed by atoms with Crippen LogP contribution in [-0.2, 0) is 32.5 Å². The van der Waals surface area contributed by atoms with Crippen molar-refractivity contribution in [2.75, 3.05) is 10.2 Å². The number of hydrogen-bond donors (Lipinski definition) is 1. The van der Waals surface area contributed by atoms with Gasteiger partial charge in [0.2, 0.25) is 0 Å². The smallest absolute Gasteiger partial charge is 0.198 e. The summed E-state index contributed by atoms with van der Waals surface area (Å²) in [6.45, 7) is 35.4. The number of nitrogens with zero attached hydrogens (tertiary/aromatic N) is 1. The molecule has 0 atom stereocenters. The first-order valence-electron chi connectivity index (χ1n) is 25.6. The molecule has 2 aliphatic carbocycles. The fourth-order valence-electron chi connectivity index (χ4n) is 12.0. The molecule has 4 heteroatoms. The van der Waals surface area contributed by atoms with Crippen molar-refractivity contribution in [2.45, 2.75) is 149 Å². The Morgan fingerprint density at radius 1 is 0.522 bits per heavy atom. The molecule has 0 amide bonds. The summed E-state index contributed by atoms with van der Waals surface area (Å²) in [6, 6.07) is 46.9. The summed E-state index contributed by atoms with van der Waals surface area (Å²) in [7, 11) is 0.767. The molecule has 11 rings (SSSR count). The maximum atomic E-state index is 7.23. The fourth-order valence-corrected chi connectivity index (χ4v) is 12.0. The molecule has 3 aliphatic rings. The van der Waals surface area contributed by atoms with Crippen LogP contribution in [0.15, 0.2) is 126 Å². The molecule has 0 radical (unpaired) electrons. The summed E-state index contributed by atoms with van der Waals surface area (Å²) in [4.78, 5) is 2.54. The van der Waals surface area contributed by atoms with Crippen molar-refractivity contribution in [1.82, 2.24) is 0 Å². The third kappa shape index (κ3) is 7.29. The number of nitrogens with one attached hydrogen (secondary N) is 1. The Balaban J connectivity index is 1.24. The van der Waals surface area contributed by atoms with Gasteiger partial charge < -0.3 is 14.6 Å². The summed E-state index contributed by atoms with van der Waals surface area (Å²) < 4.78 is 7.23. The number of rotatable bonds is 4. The normalized spacial score (nSPS) is 16.7. The van der Waals surface area contributed by atoms with Crippen LogP contribution >= 0.6 is 0 Å². The van der Waals surface area contributed by atoms with Crippen molar-refractivity contribution in [2.24, 2.45) is 0 Å². The summed E-state index contributed by atoms with van der Waals surface area (Å²) in [5, 5.41) is 6.35. The van der Waals surface area contributed by atoms with Crippen LogP contribution in [-0.4, -0.2) is 7.28 Å². The predicted molar refractivity (Wildman–Crippen MR) is 299 cm³/mol. The van der Waals surface area contributed by atoms with Crippen molar-refractivity contribution < 1.29 is 4.42 Å². The van der Waals surface area contributed by atoms with E-state index in [0.717, 1.165) is 57.4 Å². The van der Waals surface area contributed by atoms with E-state index in [2.05, 4.69) is 235 Å². The van der Waals surface area contributed by atoms with Gasteiger partial charge >= 0.3 is 0 Å². The lowest BCUT2D eigenvalue weighted by Crippen LogP contribution is -2.41. The summed E-state index contributed by atoms with van der Waals surface area (Å²) >= 11 is 0. The van der Waals surface area contributed by atoms with Crippen molar-refractivity contribution >= 4 is 68.6 Å². The maximum Gasteiger partial charge on any atom is 0.198 e. The molecule has 0 bridgehead atoms. The molecular weight excluding hydrogens is 836 g/mol. The van der Waals surface area contributed by atoms with Gasteiger partial charge in [-0.15, -0.1) is 0 Å². The van der Waals surface area contributed by atoms with Gasteiger partial charge in [0, 0.05) is 55.8 Å². The summed E-state index contributed by atoms with van der Waals surface area (Å²) in [6.07, 6.45) is 2.37. The number of fused-ring (bicyclic) bond motifs is 9. The van der Waals surface area contributed by atoms with Crippen LogP contribution in [0.4, 0.5) is 28.4 Å². The van der Waals surface area contributed by atoms with Crippen LogP contribution in [0.2, 0.25) is 0 Å². The second-order valence-electron chi connectivity index (χ2n) is 25.9. The first-order chi connectivity index (χ1) is 32.3. The Morgan fingerprint density at radius 2 is 1.09 bits per heavy atom. The largest absolute Gasteiger partial charge is 0.455 e. The van der Waals surface area contributed by atoms with Gasteiger partial charge in [0.1, 0.15) is 11.2 Å². The van der Waals surface area contributed by atoms with Crippen LogP contribution in [0.3, 0.4) is 0 Å². The standard InChI is InChI=1S/C65H71BN2O/c1-60(2,3)38-20-25-41(26-21-38)67-53-37-49-44(45-34-50-51(36-48(45)65(49,14)15)64(12,13)31-30-63(50,10)11)33-47(53)57-58-55(35-46-43-18-16-17-19-56(43)69-59(46)57)68(42-27-22-39(23-28-42)61(4,5)6)54-29-24-40(62(7,8)9)32-52(54)66-58/h16-29,32-37,66-67H,30-31H2,1-15H3. The molecule has 8 aromatic rings. The number of anilines is 5. The molecular formula is C65H71BN2O. The van der Waals surface area contributed by atoms with Crippen molar-refractivity contribution in [3.8, 4) is 22.3 Å². The minimum absolute atomic E-state index is 0.0111.